The highest BCUT2D eigenvalue weighted by Crippen LogP contribution is 2.43. The molecule has 1 aromatic rings. The number of rotatable bonds is 11. The Kier molecular flexibility index (Phi) is 6.59. The number of halogens is 1. The molecule has 1 aliphatic carbocycles. The van der Waals surface area contributed by atoms with Gasteiger partial charge in [0, 0.05) is 19.6 Å². The van der Waals surface area contributed by atoms with Gasteiger partial charge in [-0.1, -0.05) is 43.8 Å². The summed E-state index contributed by atoms with van der Waals surface area (Å²) in [5.74, 6) is 0. The normalized spacial score (nSPS) is 16.0. The van der Waals surface area contributed by atoms with Gasteiger partial charge in [0.15, 0.2) is 0 Å². The minimum absolute atomic E-state index is 0.740. The van der Waals surface area contributed by atoms with Gasteiger partial charge < -0.3 is 10.2 Å². The summed E-state index contributed by atoms with van der Waals surface area (Å²) in [6.07, 6.45) is 5.18. The van der Waals surface area contributed by atoms with Crippen LogP contribution < -0.4 is 5.32 Å². The summed E-state index contributed by atoms with van der Waals surface area (Å²) >= 11 is 0. The van der Waals surface area contributed by atoms with E-state index in [9.17, 15) is 4.39 Å². The monoisotopic (exact) mass is 304 g/mol. The average molecular weight is 304 g/mol. The lowest BCUT2D eigenvalue weighted by molar-refractivity contribution is 0.239. The van der Waals surface area contributed by atoms with Crippen LogP contribution in [-0.4, -0.2) is 36.7 Å². The molecule has 0 aliphatic heterocycles. The van der Waals surface area contributed by atoms with Crippen molar-refractivity contribution in [1.29, 1.82) is 0 Å². The summed E-state index contributed by atoms with van der Waals surface area (Å²) in [6, 6.07) is 8.33. The van der Waals surface area contributed by atoms with E-state index in [2.05, 4.69) is 41.9 Å². The number of nitrogens with zero attached hydrogens (tertiary/aromatic N) is 1. The van der Waals surface area contributed by atoms with Crippen molar-refractivity contribution in [1.82, 2.24) is 10.2 Å². The second kappa shape index (κ2) is 8.44. The number of hydrogen-bond donors (Lipinski definition) is 1. The summed E-state index contributed by atoms with van der Waals surface area (Å²) in [4.78, 5) is 2.40. The average Bonchev–Trinajstić information content (AvgIpc) is 3.27. The van der Waals surface area contributed by atoms with Gasteiger partial charge >= 0.3 is 0 Å². The molecule has 3 heteroatoms. The van der Waals surface area contributed by atoms with Crippen LogP contribution in [0.2, 0.25) is 0 Å². The first-order chi connectivity index (χ1) is 10.7. The zero-order valence-electron chi connectivity index (χ0n) is 13.8. The molecule has 0 bridgehead atoms. The SMILES string of the molecule is C=Cc1ccccc1CNCCN(CC)CCCC1(F)CC1. The van der Waals surface area contributed by atoms with E-state index in [4.69, 9.17) is 0 Å². The van der Waals surface area contributed by atoms with Gasteiger partial charge in [-0.3, -0.25) is 0 Å². The molecule has 1 saturated carbocycles. The number of benzene rings is 1. The molecule has 0 aromatic heterocycles. The maximum atomic E-state index is 13.6. The third kappa shape index (κ3) is 5.54. The molecule has 0 radical (unpaired) electrons. The Labute approximate surface area is 134 Å². The van der Waals surface area contributed by atoms with Crippen molar-refractivity contribution in [2.45, 2.75) is 44.8 Å². The molecule has 1 N–H and O–H groups in total. The molecule has 0 amide bonds. The standard InChI is InChI=1S/C19H29FN2/c1-3-17-8-5-6-9-18(17)16-21-13-15-22(4-2)14-7-10-19(20)11-12-19/h3,5-6,8-9,21H,1,4,7,10-16H2,2H3. The van der Waals surface area contributed by atoms with Gasteiger partial charge in [0.25, 0.3) is 0 Å². The fourth-order valence-electron chi connectivity index (χ4n) is 2.79. The minimum atomic E-state index is -0.800. The Hall–Kier alpha value is -1.19. The van der Waals surface area contributed by atoms with Gasteiger partial charge in [-0.05, 0) is 49.9 Å². The molecule has 22 heavy (non-hydrogen) atoms. The molecular weight excluding hydrogens is 275 g/mol. The fourth-order valence-corrected chi connectivity index (χ4v) is 2.79. The third-order valence-corrected chi connectivity index (χ3v) is 4.53. The second-order valence-corrected chi connectivity index (χ2v) is 6.27. The van der Waals surface area contributed by atoms with E-state index in [0.29, 0.717) is 0 Å². The number of likely N-dealkylation sites (N-methyl/N-ethyl adjacent to an activating group) is 1. The van der Waals surface area contributed by atoms with Crippen molar-refractivity contribution in [3.63, 3.8) is 0 Å². The van der Waals surface area contributed by atoms with Crippen molar-refractivity contribution in [2.24, 2.45) is 0 Å². The van der Waals surface area contributed by atoms with Crippen LogP contribution in [0.15, 0.2) is 30.8 Å². The Morgan fingerprint density at radius 3 is 2.77 bits per heavy atom. The first kappa shape index (κ1) is 17.2. The van der Waals surface area contributed by atoms with Crippen LogP contribution in [-0.2, 0) is 6.54 Å². The second-order valence-electron chi connectivity index (χ2n) is 6.27. The largest absolute Gasteiger partial charge is 0.311 e. The molecule has 1 fully saturated rings. The van der Waals surface area contributed by atoms with Gasteiger partial charge in [0.1, 0.15) is 5.67 Å². The summed E-state index contributed by atoms with van der Waals surface area (Å²) in [5.41, 5.74) is 1.68. The van der Waals surface area contributed by atoms with Crippen molar-refractivity contribution in [3.8, 4) is 0 Å². The van der Waals surface area contributed by atoms with Crippen LogP contribution in [0.4, 0.5) is 4.39 Å². The summed E-state index contributed by atoms with van der Waals surface area (Å²) in [5, 5.41) is 3.50. The fraction of sp³-hybridized carbons (Fsp3) is 0.579. The van der Waals surface area contributed by atoms with Gasteiger partial charge in [-0.25, -0.2) is 4.39 Å². The Morgan fingerprint density at radius 2 is 2.09 bits per heavy atom. The smallest absolute Gasteiger partial charge is 0.111 e. The van der Waals surface area contributed by atoms with Crippen molar-refractivity contribution < 1.29 is 4.39 Å². The molecule has 2 rings (SSSR count). The van der Waals surface area contributed by atoms with Crippen LogP contribution >= 0.6 is 0 Å². The Bertz CT molecular complexity index is 468. The topological polar surface area (TPSA) is 15.3 Å². The number of alkyl halides is 1. The quantitative estimate of drug-likeness (QED) is 0.621. The van der Waals surface area contributed by atoms with E-state index < -0.39 is 5.67 Å². The van der Waals surface area contributed by atoms with Crippen LogP contribution in [0.3, 0.4) is 0 Å². The maximum absolute atomic E-state index is 13.6. The zero-order chi connectivity index (χ0) is 15.8. The molecule has 0 spiro atoms. The summed E-state index contributed by atoms with van der Waals surface area (Å²) in [7, 11) is 0. The van der Waals surface area contributed by atoms with Crippen LogP contribution in [0.25, 0.3) is 6.08 Å². The van der Waals surface area contributed by atoms with E-state index >= 15 is 0 Å². The molecule has 0 saturated heterocycles. The lowest BCUT2D eigenvalue weighted by atomic mass is 10.1. The van der Waals surface area contributed by atoms with Crippen LogP contribution in [0.1, 0.15) is 43.7 Å². The Balaban J connectivity index is 1.62. The zero-order valence-corrected chi connectivity index (χ0v) is 13.8. The van der Waals surface area contributed by atoms with Crippen LogP contribution in [0.5, 0.6) is 0 Å². The van der Waals surface area contributed by atoms with Gasteiger partial charge in [0.2, 0.25) is 0 Å². The Morgan fingerprint density at radius 1 is 1.32 bits per heavy atom. The maximum Gasteiger partial charge on any atom is 0.111 e. The molecule has 0 unspecified atom stereocenters. The predicted octanol–water partition coefficient (Wildman–Crippen LogP) is 4.02. The predicted molar refractivity (Wildman–Crippen MR) is 92.7 cm³/mol. The van der Waals surface area contributed by atoms with Crippen molar-refractivity contribution in [3.05, 3.63) is 42.0 Å². The molecule has 1 aliphatic rings. The highest BCUT2D eigenvalue weighted by molar-refractivity contribution is 5.51. The molecule has 1 aromatic carbocycles. The first-order valence-electron chi connectivity index (χ1n) is 8.49. The van der Waals surface area contributed by atoms with E-state index in [0.717, 1.165) is 58.4 Å². The summed E-state index contributed by atoms with van der Waals surface area (Å²) in [6.45, 7) is 10.9. The molecule has 0 heterocycles. The first-order valence-corrected chi connectivity index (χ1v) is 8.49. The lowest BCUT2D eigenvalue weighted by Crippen LogP contribution is -2.33. The van der Waals surface area contributed by atoms with Crippen molar-refractivity contribution in [2.75, 3.05) is 26.2 Å². The lowest BCUT2D eigenvalue weighted by Gasteiger charge is -2.21. The van der Waals surface area contributed by atoms with Gasteiger partial charge in [-0.2, -0.15) is 0 Å². The van der Waals surface area contributed by atoms with E-state index in [1.54, 1.807) is 0 Å². The van der Waals surface area contributed by atoms with Crippen molar-refractivity contribution >= 4 is 6.08 Å². The minimum Gasteiger partial charge on any atom is -0.311 e. The van der Waals surface area contributed by atoms with Gasteiger partial charge in [0.05, 0.1) is 0 Å². The number of hydrogen-bond acceptors (Lipinski definition) is 2. The number of nitrogens with one attached hydrogen (secondary N) is 1. The highest BCUT2D eigenvalue weighted by Gasteiger charge is 2.42. The molecular formula is C19H29FN2. The van der Waals surface area contributed by atoms with E-state index in [-0.39, 0.29) is 0 Å². The highest BCUT2D eigenvalue weighted by atomic mass is 19.1. The van der Waals surface area contributed by atoms with E-state index in [1.807, 2.05) is 12.1 Å². The third-order valence-electron chi connectivity index (χ3n) is 4.53. The van der Waals surface area contributed by atoms with Gasteiger partial charge in [-0.15, -0.1) is 0 Å². The molecule has 2 nitrogen and oxygen atoms in total. The van der Waals surface area contributed by atoms with Crippen LogP contribution in [0, 0.1) is 0 Å². The van der Waals surface area contributed by atoms with E-state index in [1.165, 1.54) is 11.1 Å². The summed E-state index contributed by atoms with van der Waals surface area (Å²) < 4.78 is 13.6. The molecule has 122 valence electrons. The molecule has 0 atom stereocenters.